The maximum absolute atomic E-state index is 11.9. The first kappa shape index (κ1) is 15.5. The normalized spacial score (nSPS) is 16.7. The van der Waals surface area contributed by atoms with Gasteiger partial charge in [-0.15, -0.1) is 0 Å². The monoisotopic (exact) mass is 343 g/mol. The Kier molecular flexibility index (Phi) is 3.79. The number of furan rings is 1. The summed E-state index contributed by atoms with van der Waals surface area (Å²) in [5.74, 6) is 0.625. The maximum Gasteiger partial charge on any atom is 0.343 e. The van der Waals surface area contributed by atoms with Crippen LogP contribution in [0.25, 0.3) is 11.0 Å². The molecule has 2 N–H and O–H groups in total. The number of rotatable bonds is 4. The highest BCUT2D eigenvalue weighted by atomic mass is 16.5. The van der Waals surface area contributed by atoms with Crippen molar-refractivity contribution in [2.45, 2.75) is 25.7 Å². The molecule has 2 aromatic rings. The first-order chi connectivity index (χ1) is 12.1. The molecule has 0 atom stereocenters. The van der Waals surface area contributed by atoms with Gasteiger partial charge in [0.1, 0.15) is 23.6 Å². The molecular formula is C17H17N3O5. The van der Waals surface area contributed by atoms with Crippen molar-refractivity contribution >= 4 is 28.8 Å². The molecule has 0 unspecified atom stereocenters. The van der Waals surface area contributed by atoms with Gasteiger partial charge in [0, 0.05) is 17.4 Å². The van der Waals surface area contributed by atoms with E-state index >= 15 is 0 Å². The van der Waals surface area contributed by atoms with Crippen molar-refractivity contribution in [3.8, 4) is 5.75 Å². The number of carbonyl (C=O) groups is 3. The van der Waals surface area contributed by atoms with E-state index in [2.05, 4.69) is 10.7 Å². The second kappa shape index (κ2) is 6.12. The molecule has 0 bridgehead atoms. The van der Waals surface area contributed by atoms with Crippen LogP contribution >= 0.6 is 0 Å². The van der Waals surface area contributed by atoms with Crippen LogP contribution in [-0.4, -0.2) is 36.0 Å². The van der Waals surface area contributed by atoms with Crippen molar-refractivity contribution < 1.29 is 23.5 Å². The molecule has 25 heavy (non-hydrogen) atoms. The molecular weight excluding hydrogens is 326 g/mol. The largest absolute Gasteiger partial charge is 0.484 e. The summed E-state index contributed by atoms with van der Waals surface area (Å²) in [7, 11) is 0. The second-order valence-corrected chi connectivity index (χ2v) is 6.13. The lowest BCUT2D eigenvalue weighted by molar-refractivity contribution is -0.127. The fourth-order valence-electron chi connectivity index (χ4n) is 3.20. The Bertz CT molecular complexity index is 873. The van der Waals surface area contributed by atoms with Crippen molar-refractivity contribution in [2.75, 3.05) is 13.2 Å². The van der Waals surface area contributed by atoms with Gasteiger partial charge < -0.3 is 9.15 Å². The molecule has 4 rings (SSSR count). The number of imide groups is 1. The molecule has 1 aliphatic heterocycles. The summed E-state index contributed by atoms with van der Waals surface area (Å²) in [6.45, 7) is -0.457. The first-order valence-electron chi connectivity index (χ1n) is 8.18. The third-order valence-electron chi connectivity index (χ3n) is 4.35. The van der Waals surface area contributed by atoms with Crippen molar-refractivity contribution in [1.29, 1.82) is 0 Å². The molecule has 0 radical (unpaired) electrons. The lowest BCUT2D eigenvalue weighted by Crippen LogP contribution is -2.46. The van der Waals surface area contributed by atoms with Crippen LogP contribution in [0.5, 0.6) is 5.75 Å². The third-order valence-corrected chi connectivity index (χ3v) is 4.35. The Morgan fingerprint density at radius 3 is 2.92 bits per heavy atom. The van der Waals surface area contributed by atoms with Gasteiger partial charge in [0.15, 0.2) is 6.61 Å². The number of fused-ring (bicyclic) bond motifs is 3. The van der Waals surface area contributed by atoms with Crippen LogP contribution in [-0.2, 0) is 22.4 Å². The van der Waals surface area contributed by atoms with Crippen LogP contribution in [0.1, 0.15) is 24.2 Å². The van der Waals surface area contributed by atoms with Crippen LogP contribution in [0, 0.1) is 0 Å². The van der Waals surface area contributed by atoms with Crippen molar-refractivity contribution in [1.82, 2.24) is 15.8 Å². The number of hydrazine groups is 1. The van der Waals surface area contributed by atoms with E-state index in [-0.39, 0.29) is 13.2 Å². The number of ether oxygens (including phenoxy) is 1. The van der Waals surface area contributed by atoms with Gasteiger partial charge in [-0.25, -0.2) is 9.80 Å². The first-order valence-corrected chi connectivity index (χ1v) is 8.18. The fourth-order valence-corrected chi connectivity index (χ4v) is 3.20. The van der Waals surface area contributed by atoms with E-state index in [1.54, 1.807) is 6.07 Å². The van der Waals surface area contributed by atoms with E-state index in [1.807, 2.05) is 12.1 Å². The van der Waals surface area contributed by atoms with Gasteiger partial charge in [0.25, 0.3) is 5.91 Å². The molecule has 130 valence electrons. The highest BCUT2D eigenvalue weighted by Gasteiger charge is 2.28. The van der Waals surface area contributed by atoms with Crippen LogP contribution in [0.15, 0.2) is 22.6 Å². The second-order valence-electron chi connectivity index (χ2n) is 6.13. The number of hydrogen-bond donors (Lipinski definition) is 2. The molecule has 1 aromatic carbocycles. The number of carbonyl (C=O) groups excluding carboxylic acids is 3. The topological polar surface area (TPSA) is 101 Å². The van der Waals surface area contributed by atoms with Gasteiger partial charge in [-0.1, -0.05) is 0 Å². The Balaban J connectivity index is 1.41. The average Bonchev–Trinajstić information content (AvgIpc) is 3.12. The summed E-state index contributed by atoms with van der Waals surface area (Å²) in [5, 5.41) is 4.02. The Morgan fingerprint density at radius 2 is 2.12 bits per heavy atom. The molecule has 1 aliphatic carbocycles. The summed E-state index contributed by atoms with van der Waals surface area (Å²) >= 11 is 0. The minimum Gasteiger partial charge on any atom is -0.484 e. The number of urea groups is 1. The lowest BCUT2D eigenvalue weighted by Gasteiger charge is -2.14. The van der Waals surface area contributed by atoms with E-state index in [0.29, 0.717) is 5.75 Å². The van der Waals surface area contributed by atoms with Gasteiger partial charge in [-0.3, -0.25) is 20.3 Å². The molecule has 1 saturated heterocycles. The number of nitrogens with zero attached hydrogens (tertiary/aromatic N) is 1. The molecule has 2 heterocycles. The maximum atomic E-state index is 11.9. The minimum atomic E-state index is -0.648. The van der Waals surface area contributed by atoms with Crippen LogP contribution in [0.4, 0.5) is 4.79 Å². The van der Waals surface area contributed by atoms with E-state index < -0.39 is 17.8 Å². The molecule has 8 nitrogen and oxygen atoms in total. The van der Waals surface area contributed by atoms with Crippen LogP contribution in [0.3, 0.4) is 0 Å². The number of hydrogen-bond acceptors (Lipinski definition) is 5. The molecule has 1 fully saturated rings. The standard InChI is InChI=1S/C17H17N3O5/c21-15-8-20(17(23)18-15)19-16(22)9-24-10-5-6-14-12(7-10)11-3-1-2-4-13(11)25-14/h5-7H,1-4,8-9H2,(H,19,22)(H,18,21,23). The highest BCUT2D eigenvalue weighted by molar-refractivity contribution is 6.02. The lowest BCUT2D eigenvalue weighted by atomic mass is 9.96. The molecule has 2 aliphatic rings. The minimum absolute atomic E-state index is 0.197. The number of benzene rings is 1. The molecule has 0 spiro atoms. The summed E-state index contributed by atoms with van der Waals surface area (Å²) in [5.41, 5.74) is 4.38. The number of aryl methyl sites for hydroxylation is 2. The summed E-state index contributed by atoms with van der Waals surface area (Å²) < 4.78 is 11.4. The summed E-state index contributed by atoms with van der Waals surface area (Å²) in [6.07, 6.45) is 4.23. The van der Waals surface area contributed by atoms with Crippen molar-refractivity contribution in [3.05, 3.63) is 29.5 Å². The van der Waals surface area contributed by atoms with E-state index in [0.717, 1.165) is 47.4 Å². The Labute approximate surface area is 143 Å². The summed E-state index contributed by atoms with van der Waals surface area (Å²) in [4.78, 5) is 34.3. The van der Waals surface area contributed by atoms with Gasteiger partial charge in [-0.2, -0.15) is 0 Å². The Hall–Kier alpha value is -3.03. The number of nitrogens with one attached hydrogen (secondary N) is 2. The van der Waals surface area contributed by atoms with Gasteiger partial charge >= 0.3 is 6.03 Å². The zero-order chi connectivity index (χ0) is 17.4. The third kappa shape index (κ3) is 3.02. The van der Waals surface area contributed by atoms with Gasteiger partial charge in [0.05, 0.1) is 0 Å². The van der Waals surface area contributed by atoms with E-state index in [9.17, 15) is 14.4 Å². The van der Waals surface area contributed by atoms with Crippen molar-refractivity contribution in [2.24, 2.45) is 0 Å². The molecule has 0 saturated carbocycles. The van der Waals surface area contributed by atoms with Gasteiger partial charge in [0.2, 0.25) is 5.91 Å². The average molecular weight is 343 g/mol. The zero-order valence-electron chi connectivity index (χ0n) is 13.5. The summed E-state index contributed by atoms with van der Waals surface area (Å²) in [6, 6.07) is 4.82. The van der Waals surface area contributed by atoms with Crippen molar-refractivity contribution in [3.63, 3.8) is 0 Å². The SMILES string of the molecule is O=C1CN(NC(=O)COc2ccc3oc4c(c3c2)CCCC4)C(=O)N1. The molecule has 1 aromatic heterocycles. The van der Waals surface area contributed by atoms with Crippen LogP contribution in [0.2, 0.25) is 0 Å². The predicted octanol–water partition coefficient (Wildman–Crippen LogP) is 1.27. The van der Waals surface area contributed by atoms with E-state index in [1.165, 1.54) is 5.56 Å². The highest BCUT2D eigenvalue weighted by Crippen LogP contribution is 2.33. The predicted molar refractivity (Wildman–Crippen MR) is 86.7 cm³/mol. The molecule has 4 amide bonds. The van der Waals surface area contributed by atoms with E-state index in [4.69, 9.17) is 9.15 Å². The van der Waals surface area contributed by atoms with Gasteiger partial charge in [-0.05, 0) is 37.5 Å². The Morgan fingerprint density at radius 1 is 1.28 bits per heavy atom. The van der Waals surface area contributed by atoms with Crippen LogP contribution < -0.4 is 15.5 Å². The number of amides is 4. The molecule has 8 heteroatoms. The quantitative estimate of drug-likeness (QED) is 0.814. The zero-order valence-corrected chi connectivity index (χ0v) is 13.5. The fraction of sp³-hybridized carbons (Fsp3) is 0.353. The smallest absolute Gasteiger partial charge is 0.343 e.